The summed E-state index contributed by atoms with van der Waals surface area (Å²) < 4.78 is 45.1. The second kappa shape index (κ2) is 6.06. The minimum atomic E-state index is -4.58. The molecule has 1 aromatic rings. The highest BCUT2D eigenvalue weighted by Gasteiger charge is 2.75. The highest BCUT2D eigenvalue weighted by atomic mass is 19.4. The third-order valence-corrected chi connectivity index (χ3v) is 6.11. The standard InChI is InChI=1S/C21H23F3N2O4/c1-18(2,3)30-17(29)25-11-19(4)9-14(25)10-26(19)20(15(27)16(20)28)12-6-5-7-13(8-12)21(22,23)24/h5-8,14H,9-11H2,1-4H3/t14-,19-/m1/s1. The molecule has 1 saturated carbocycles. The summed E-state index contributed by atoms with van der Waals surface area (Å²) in [5.74, 6) is -1.42. The molecule has 0 radical (unpaired) electrons. The Kier molecular flexibility index (Phi) is 4.21. The van der Waals surface area contributed by atoms with Gasteiger partial charge in [-0.15, -0.1) is 0 Å². The van der Waals surface area contributed by atoms with Gasteiger partial charge in [0.1, 0.15) is 5.60 Å². The number of ether oxygens (including phenoxy) is 1. The maximum atomic E-state index is 13.2. The Morgan fingerprint density at radius 3 is 2.27 bits per heavy atom. The van der Waals surface area contributed by atoms with E-state index in [2.05, 4.69) is 0 Å². The van der Waals surface area contributed by atoms with Gasteiger partial charge in [0.25, 0.3) is 0 Å². The molecule has 0 unspecified atom stereocenters. The Hall–Kier alpha value is -2.42. The lowest BCUT2D eigenvalue weighted by atomic mass is 9.93. The number of halogens is 3. The van der Waals surface area contributed by atoms with E-state index < -0.39 is 46.1 Å². The van der Waals surface area contributed by atoms with Crippen LogP contribution < -0.4 is 0 Å². The van der Waals surface area contributed by atoms with Gasteiger partial charge in [0.15, 0.2) is 5.54 Å². The van der Waals surface area contributed by atoms with E-state index in [1.807, 2.05) is 6.92 Å². The molecule has 1 aromatic carbocycles. The molecule has 6 nitrogen and oxygen atoms in total. The van der Waals surface area contributed by atoms with Crippen LogP contribution in [-0.2, 0) is 26.0 Å². The Morgan fingerprint density at radius 1 is 1.17 bits per heavy atom. The van der Waals surface area contributed by atoms with E-state index in [-0.39, 0.29) is 24.7 Å². The SMILES string of the molecule is CC(C)(C)OC(=O)N1C[C@@]2(C)C[C@@H]1CN2C1(c2cccc(C(F)(F)F)c2)C(=O)C1=O. The average Bonchev–Trinajstić information content (AvgIpc) is 2.92. The molecule has 0 N–H and O–H groups in total. The molecule has 30 heavy (non-hydrogen) atoms. The summed E-state index contributed by atoms with van der Waals surface area (Å²) >= 11 is 0. The van der Waals surface area contributed by atoms with E-state index in [1.165, 1.54) is 12.1 Å². The first-order valence-corrected chi connectivity index (χ1v) is 9.74. The maximum Gasteiger partial charge on any atom is 0.416 e. The normalized spacial score (nSPS) is 28.2. The number of nitrogens with zero attached hydrogens (tertiary/aromatic N) is 2. The van der Waals surface area contributed by atoms with Crippen LogP contribution in [0.15, 0.2) is 24.3 Å². The quantitative estimate of drug-likeness (QED) is 0.539. The number of carbonyl (C=O) groups is 3. The molecule has 2 heterocycles. The molecule has 9 heteroatoms. The number of ketones is 2. The minimum Gasteiger partial charge on any atom is -0.444 e. The Bertz CT molecular complexity index is 938. The Labute approximate surface area is 172 Å². The zero-order valence-electron chi connectivity index (χ0n) is 17.2. The molecule has 2 atom stereocenters. The lowest BCUT2D eigenvalue weighted by Gasteiger charge is -2.43. The van der Waals surface area contributed by atoms with Crippen LogP contribution in [0.5, 0.6) is 0 Å². The van der Waals surface area contributed by atoms with Gasteiger partial charge in [-0.25, -0.2) is 4.79 Å². The van der Waals surface area contributed by atoms with Crippen molar-refractivity contribution in [2.75, 3.05) is 13.1 Å². The number of likely N-dealkylation sites (tertiary alicyclic amines) is 2. The van der Waals surface area contributed by atoms with Crippen molar-refractivity contribution in [1.82, 2.24) is 9.80 Å². The van der Waals surface area contributed by atoms with Crippen molar-refractivity contribution in [3.05, 3.63) is 35.4 Å². The number of piperazine rings is 1. The zero-order chi connectivity index (χ0) is 22.3. The number of amides is 1. The summed E-state index contributed by atoms with van der Waals surface area (Å²) in [6.45, 7) is 7.55. The van der Waals surface area contributed by atoms with E-state index in [1.54, 1.807) is 30.6 Å². The fourth-order valence-electron chi connectivity index (χ4n) is 4.86. The number of benzene rings is 1. The molecule has 2 bridgehead atoms. The van der Waals surface area contributed by atoms with Gasteiger partial charge in [-0.2, -0.15) is 13.2 Å². The molecule has 0 aromatic heterocycles. The fraction of sp³-hybridized carbons (Fsp3) is 0.571. The first-order chi connectivity index (χ1) is 13.7. The molecule has 2 saturated heterocycles. The number of fused-ring (bicyclic) bond motifs is 2. The zero-order valence-corrected chi connectivity index (χ0v) is 17.2. The topological polar surface area (TPSA) is 66.9 Å². The maximum absolute atomic E-state index is 13.2. The lowest BCUT2D eigenvalue weighted by molar-refractivity contribution is -0.137. The summed E-state index contributed by atoms with van der Waals surface area (Å²) in [6.07, 6.45) is -4.55. The highest BCUT2D eigenvalue weighted by Crippen LogP contribution is 2.54. The molecule has 1 amide bonds. The van der Waals surface area contributed by atoms with Crippen molar-refractivity contribution in [3.8, 4) is 0 Å². The smallest absolute Gasteiger partial charge is 0.416 e. The van der Waals surface area contributed by atoms with Gasteiger partial charge in [0, 0.05) is 24.7 Å². The van der Waals surface area contributed by atoms with Gasteiger partial charge in [-0.1, -0.05) is 12.1 Å². The predicted octanol–water partition coefficient (Wildman–Crippen LogP) is 3.14. The lowest BCUT2D eigenvalue weighted by Crippen LogP contribution is -2.59. The molecule has 162 valence electrons. The Morgan fingerprint density at radius 2 is 1.80 bits per heavy atom. The molecule has 3 aliphatic rings. The molecule has 4 rings (SSSR count). The summed E-state index contributed by atoms with van der Waals surface area (Å²) in [6, 6.07) is 4.11. The van der Waals surface area contributed by atoms with E-state index in [0.717, 1.165) is 12.1 Å². The van der Waals surface area contributed by atoms with Gasteiger partial charge in [-0.05, 0) is 51.8 Å². The third kappa shape index (κ3) is 2.93. The number of carbonyl (C=O) groups excluding carboxylic acids is 3. The van der Waals surface area contributed by atoms with Crippen LogP contribution in [0.2, 0.25) is 0 Å². The number of hydrogen-bond donors (Lipinski definition) is 0. The first kappa shape index (κ1) is 20.8. The van der Waals surface area contributed by atoms with Crippen LogP contribution in [0.25, 0.3) is 0 Å². The van der Waals surface area contributed by atoms with Crippen LogP contribution in [0.4, 0.5) is 18.0 Å². The second-order valence-electron chi connectivity index (χ2n) is 9.52. The molecule has 2 aliphatic heterocycles. The summed E-state index contributed by atoms with van der Waals surface area (Å²) in [5.41, 5.74) is -3.97. The van der Waals surface area contributed by atoms with Crippen molar-refractivity contribution in [2.45, 2.75) is 63.0 Å². The monoisotopic (exact) mass is 424 g/mol. The largest absolute Gasteiger partial charge is 0.444 e. The van der Waals surface area contributed by atoms with Gasteiger partial charge >= 0.3 is 12.3 Å². The third-order valence-electron chi connectivity index (χ3n) is 6.11. The van der Waals surface area contributed by atoms with E-state index in [9.17, 15) is 27.6 Å². The summed E-state index contributed by atoms with van der Waals surface area (Å²) in [4.78, 5) is 40.9. The van der Waals surface area contributed by atoms with Gasteiger partial charge in [0.05, 0.1) is 5.56 Å². The number of hydrogen-bond acceptors (Lipinski definition) is 5. The Balaban J connectivity index is 1.66. The van der Waals surface area contributed by atoms with Crippen molar-refractivity contribution in [1.29, 1.82) is 0 Å². The number of Topliss-reactive ketones (excluding diaryl/α,β-unsaturated/α-hetero) is 2. The molecule has 0 spiro atoms. The molecular weight excluding hydrogens is 401 g/mol. The van der Waals surface area contributed by atoms with Crippen LogP contribution in [0.1, 0.15) is 45.2 Å². The number of alkyl halides is 3. The van der Waals surface area contributed by atoms with Crippen molar-refractivity contribution in [2.24, 2.45) is 0 Å². The fourth-order valence-corrected chi connectivity index (χ4v) is 4.86. The summed E-state index contributed by atoms with van der Waals surface area (Å²) in [7, 11) is 0. The molecule has 3 fully saturated rings. The average molecular weight is 424 g/mol. The predicted molar refractivity (Wildman–Crippen MR) is 99.6 cm³/mol. The molecule has 1 aliphatic carbocycles. The van der Waals surface area contributed by atoms with E-state index in [4.69, 9.17) is 4.74 Å². The van der Waals surface area contributed by atoms with Crippen LogP contribution in [-0.4, -0.2) is 57.7 Å². The van der Waals surface area contributed by atoms with Crippen LogP contribution >= 0.6 is 0 Å². The minimum absolute atomic E-state index is 0.0323. The van der Waals surface area contributed by atoms with E-state index in [0.29, 0.717) is 6.42 Å². The van der Waals surface area contributed by atoms with Gasteiger partial charge in [-0.3, -0.25) is 14.5 Å². The van der Waals surface area contributed by atoms with Crippen molar-refractivity contribution in [3.63, 3.8) is 0 Å². The second-order valence-corrected chi connectivity index (χ2v) is 9.52. The summed E-state index contributed by atoms with van der Waals surface area (Å²) in [5, 5.41) is 0. The highest BCUT2D eigenvalue weighted by molar-refractivity contribution is 6.66. The van der Waals surface area contributed by atoms with Crippen LogP contribution in [0.3, 0.4) is 0 Å². The van der Waals surface area contributed by atoms with Crippen molar-refractivity contribution >= 4 is 17.7 Å². The van der Waals surface area contributed by atoms with Gasteiger partial charge in [0.2, 0.25) is 11.6 Å². The van der Waals surface area contributed by atoms with Crippen LogP contribution in [0, 0.1) is 0 Å². The molecular formula is C21H23F3N2O4. The van der Waals surface area contributed by atoms with E-state index >= 15 is 0 Å². The number of rotatable bonds is 2. The first-order valence-electron chi connectivity index (χ1n) is 9.74. The van der Waals surface area contributed by atoms with Gasteiger partial charge < -0.3 is 9.64 Å². The van der Waals surface area contributed by atoms with Crippen molar-refractivity contribution < 1.29 is 32.3 Å².